The summed E-state index contributed by atoms with van der Waals surface area (Å²) >= 11 is 3.62. The van der Waals surface area contributed by atoms with E-state index in [4.69, 9.17) is 5.11 Å². The number of aromatic nitrogens is 3. The number of hydrogen-bond donors (Lipinski definition) is 1. The van der Waals surface area contributed by atoms with E-state index in [1.165, 1.54) is 11.3 Å². The topological polar surface area (TPSA) is 50.9 Å². The van der Waals surface area contributed by atoms with Crippen LogP contribution in [0.4, 0.5) is 0 Å². The van der Waals surface area contributed by atoms with Crippen molar-refractivity contribution in [1.29, 1.82) is 0 Å². The predicted molar refractivity (Wildman–Crippen MR) is 57.9 cm³/mol. The van der Waals surface area contributed by atoms with Crippen LogP contribution < -0.4 is 0 Å². The third kappa shape index (κ3) is 1.89. The van der Waals surface area contributed by atoms with E-state index in [1.54, 1.807) is 17.1 Å². The molecule has 0 spiro atoms. The summed E-state index contributed by atoms with van der Waals surface area (Å²) < 4.78 is 2.77. The third-order valence-corrected chi connectivity index (χ3v) is 2.97. The minimum Gasteiger partial charge on any atom is -0.391 e. The molecule has 1 N–H and O–H groups in total. The Labute approximate surface area is 92.4 Å². The first-order valence-corrected chi connectivity index (χ1v) is 5.45. The molecule has 6 heteroatoms. The highest BCUT2D eigenvalue weighted by molar-refractivity contribution is 14.1. The summed E-state index contributed by atoms with van der Waals surface area (Å²) in [4.78, 5) is 4.97. The molecule has 0 aliphatic rings. The van der Waals surface area contributed by atoms with E-state index in [0.29, 0.717) is 0 Å². The molecule has 0 aromatic carbocycles. The molecular weight excluding hydrogens is 301 g/mol. The molecule has 0 atom stereocenters. The number of rotatable bonds is 2. The van der Waals surface area contributed by atoms with Gasteiger partial charge in [-0.05, 0) is 22.6 Å². The average molecular weight is 307 g/mol. The fourth-order valence-corrected chi connectivity index (χ4v) is 1.97. The lowest BCUT2D eigenvalue weighted by atomic mass is 10.6. The average Bonchev–Trinajstić information content (AvgIpc) is 2.71. The van der Waals surface area contributed by atoms with Gasteiger partial charge in [0.05, 0.1) is 21.3 Å². The summed E-state index contributed by atoms with van der Waals surface area (Å²) in [7, 11) is 0. The molecule has 13 heavy (non-hydrogen) atoms. The largest absolute Gasteiger partial charge is 0.391 e. The van der Waals surface area contributed by atoms with Gasteiger partial charge < -0.3 is 5.11 Å². The van der Waals surface area contributed by atoms with Gasteiger partial charge in [0.2, 0.25) is 5.13 Å². The van der Waals surface area contributed by atoms with Crippen LogP contribution in [-0.2, 0) is 6.61 Å². The van der Waals surface area contributed by atoms with E-state index in [-0.39, 0.29) is 6.61 Å². The van der Waals surface area contributed by atoms with Crippen LogP contribution in [0.15, 0.2) is 18.6 Å². The van der Waals surface area contributed by atoms with Crippen LogP contribution in [0.2, 0.25) is 0 Å². The Balaban J connectivity index is 2.35. The van der Waals surface area contributed by atoms with Gasteiger partial charge in [-0.25, -0.2) is 9.67 Å². The highest BCUT2D eigenvalue weighted by Gasteiger charge is 2.03. The van der Waals surface area contributed by atoms with Gasteiger partial charge in [0.25, 0.3) is 0 Å². The van der Waals surface area contributed by atoms with Gasteiger partial charge in [-0.2, -0.15) is 5.10 Å². The van der Waals surface area contributed by atoms with Gasteiger partial charge >= 0.3 is 0 Å². The van der Waals surface area contributed by atoms with E-state index in [2.05, 4.69) is 32.7 Å². The van der Waals surface area contributed by atoms with Crippen molar-refractivity contribution in [2.24, 2.45) is 0 Å². The number of aliphatic hydroxyl groups is 1. The molecule has 0 saturated carbocycles. The van der Waals surface area contributed by atoms with Gasteiger partial charge in [-0.15, -0.1) is 0 Å². The second-order valence-electron chi connectivity index (χ2n) is 2.37. The van der Waals surface area contributed by atoms with Crippen molar-refractivity contribution < 1.29 is 5.11 Å². The van der Waals surface area contributed by atoms with E-state index >= 15 is 0 Å². The number of aliphatic hydroxyl groups excluding tert-OH is 1. The van der Waals surface area contributed by atoms with Crippen molar-refractivity contribution in [3.05, 3.63) is 27.0 Å². The Morgan fingerprint density at radius 2 is 2.38 bits per heavy atom. The first-order valence-electron chi connectivity index (χ1n) is 3.55. The molecule has 0 unspecified atom stereocenters. The molecule has 2 rings (SSSR count). The van der Waals surface area contributed by atoms with Gasteiger partial charge in [-0.3, -0.25) is 0 Å². The lowest BCUT2D eigenvalue weighted by molar-refractivity contribution is 0.285. The predicted octanol–water partition coefficient (Wildman–Crippen LogP) is 1.43. The molecule has 2 aromatic rings. The number of nitrogens with zero attached hydrogens (tertiary/aromatic N) is 3. The van der Waals surface area contributed by atoms with Crippen LogP contribution >= 0.6 is 33.9 Å². The zero-order valence-electron chi connectivity index (χ0n) is 6.51. The molecule has 68 valence electrons. The van der Waals surface area contributed by atoms with E-state index in [1.807, 2.05) is 6.20 Å². The minimum atomic E-state index is 0.0377. The fraction of sp³-hybridized carbons (Fsp3) is 0.143. The van der Waals surface area contributed by atoms with E-state index < -0.39 is 0 Å². The summed E-state index contributed by atoms with van der Waals surface area (Å²) in [5.74, 6) is 0. The molecule has 0 aliphatic carbocycles. The van der Waals surface area contributed by atoms with E-state index in [0.717, 1.165) is 13.6 Å². The standard InChI is InChI=1S/C7H6IN3OS/c8-5-1-10-11(3-5)7-9-2-6(4-12)13-7/h1-3,12H,4H2. The van der Waals surface area contributed by atoms with Crippen LogP contribution in [0.25, 0.3) is 5.13 Å². The number of hydrogen-bond acceptors (Lipinski definition) is 4. The van der Waals surface area contributed by atoms with Crippen LogP contribution in [0, 0.1) is 3.57 Å². The minimum absolute atomic E-state index is 0.0377. The summed E-state index contributed by atoms with van der Waals surface area (Å²) in [5.41, 5.74) is 0. The monoisotopic (exact) mass is 307 g/mol. The molecular formula is C7H6IN3OS. The Morgan fingerprint density at radius 3 is 2.92 bits per heavy atom. The van der Waals surface area contributed by atoms with Crippen LogP contribution in [0.3, 0.4) is 0 Å². The maximum Gasteiger partial charge on any atom is 0.210 e. The molecule has 0 bridgehead atoms. The zero-order chi connectivity index (χ0) is 9.26. The lowest BCUT2D eigenvalue weighted by Crippen LogP contribution is -1.91. The second kappa shape index (κ2) is 3.72. The fourth-order valence-electron chi connectivity index (χ4n) is 0.882. The molecule has 0 fully saturated rings. The molecule has 0 amide bonds. The number of thiazole rings is 1. The van der Waals surface area contributed by atoms with Crippen molar-refractivity contribution in [3.8, 4) is 5.13 Å². The van der Waals surface area contributed by atoms with Crippen molar-refractivity contribution >= 4 is 33.9 Å². The first kappa shape index (κ1) is 9.10. The van der Waals surface area contributed by atoms with E-state index in [9.17, 15) is 0 Å². The van der Waals surface area contributed by atoms with Crippen LogP contribution in [-0.4, -0.2) is 19.9 Å². The van der Waals surface area contributed by atoms with Gasteiger partial charge in [0, 0.05) is 12.4 Å². The molecule has 0 radical (unpaired) electrons. The van der Waals surface area contributed by atoms with Crippen molar-refractivity contribution in [2.75, 3.05) is 0 Å². The molecule has 2 heterocycles. The summed E-state index contributed by atoms with van der Waals surface area (Å²) in [6.07, 6.45) is 5.32. The highest BCUT2D eigenvalue weighted by atomic mass is 127. The molecule has 2 aromatic heterocycles. The van der Waals surface area contributed by atoms with Crippen LogP contribution in [0.5, 0.6) is 0 Å². The Kier molecular flexibility index (Phi) is 2.61. The normalized spacial score (nSPS) is 10.6. The smallest absolute Gasteiger partial charge is 0.210 e. The molecule has 0 saturated heterocycles. The summed E-state index contributed by atoms with van der Waals surface area (Å²) in [6, 6.07) is 0. The lowest BCUT2D eigenvalue weighted by Gasteiger charge is -1.91. The molecule has 0 aliphatic heterocycles. The Bertz CT molecular complexity index is 411. The van der Waals surface area contributed by atoms with Gasteiger partial charge in [0.15, 0.2) is 0 Å². The summed E-state index contributed by atoms with van der Waals surface area (Å²) in [5, 5.41) is 13.7. The number of halogens is 1. The van der Waals surface area contributed by atoms with Gasteiger partial charge in [0.1, 0.15) is 0 Å². The van der Waals surface area contributed by atoms with Gasteiger partial charge in [-0.1, -0.05) is 11.3 Å². The van der Waals surface area contributed by atoms with Crippen molar-refractivity contribution in [3.63, 3.8) is 0 Å². The third-order valence-electron chi connectivity index (χ3n) is 1.44. The quantitative estimate of drug-likeness (QED) is 0.854. The second-order valence-corrected chi connectivity index (χ2v) is 4.71. The maximum absolute atomic E-state index is 8.84. The highest BCUT2D eigenvalue weighted by Crippen LogP contribution is 2.17. The van der Waals surface area contributed by atoms with Crippen molar-refractivity contribution in [2.45, 2.75) is 6.61 Å². The maximum atomic E-state index is 8.84. The van der Waals surface area contributed by atoms with Crippen molar-refractivity contribution in [1.82, 2.24) is 14.8 Å². The first-order chi connectivity index (χ1) is 6.29. The summed E-state index contributed by atoms with van der Waals surface area (Å²) in [6.45, 7) is 0.0377. The van der Waals surface area contributed by atoms with Crippen LogP contribution in [0.1, 0.15) is 4.88 Å². The molecule has 4 nitrogen and oxygen atoms in total. The SMILES string of the molecule is OCc1cnc(-n2cc(I)cn2)s1. The Hall–Kier alpha value is -0.470. The zero-order valence-corrected chi connectivity index (χ0v) is 9.49. The Morgan fingerprint density at radius 1 is 1.54 bits per heavy atom.